The summed E-state index contributed by atoms with van der Waals surface area (Å²) in [4.78, 5) is 11.9. The van der Waals surface area contributed by atoms with Gasteiger partial charge in [-0.3, -0.25) is 9.48 Å². The molecule has 0 bridgehead atoms. The minimum atomic E-state index is -0.291. The minimum Gasteiger partial charge on any atom is -0.383 e. The number of nitrogens with one attached hydrogen (secondary N) is 2. The summed E-state index contributed by atoms with van der Waals surface area (Å²) >= 11 is 0. The molecule has 2 N–H and O–H groups in total. The van der Waals surface area contributed by atoms with Crippen LogP contribution in [0.4, 0.5) is 5.69 Å². The Balaban J connectivity index is 1.84. The Morgan fingerprint density at radius 3 is 3.39 bits per heavy atom. The highest BCUT2D eigenvalue weighted by molar-refractivity contribution is 5.94. The van der Waals surface area contributed by atoms with Gasteiger partial charge in [-0.1, -0.05) is 0 Å². The normalized spacial score (nSPS) is 19.7. The number of methoxy groups -OCH3 is 1. The van der Waals surface area contributed by atoms with Crippen molar-refractivity contribution in [3.05, 3.63) is 12.4 Å². The molecule has 0 radical (unpaired) electrons. The van der Waals surface area contributed by atoms with Gasteiger partial charge >= 0.3 is 0 Å². The van der Waals surface area contributed by atoms with Crippen LogP contribution in [0.2, 0.25) is 0 Å². The summed E-state index contributed by atoms with van der Waals surface area (Å²) in [7, 11) is 1.64. The van der Waals surface area contributed by atoms with Crippen molar-refractivity contribution in [1.82, 2.24) is 15.1 Å². The van der Waals surface area contributed by atoms with Crippen LogP contribution < -0.4 is 10.6 Å². The van der Waals surface area contributed by atoms with E-state index in [-0.39, 0.29) is 11.9 Å². The molecule has 1 fully saturated rings. The van der Waals surface area contributed by atoms with Gasteiger partial charge in [0, 0.05) is 19.9 Å². The van der Waals surface area contributed by atoms with Crippen molar-refractivity contribution >= 4 is 11.6 Å². The molecule has 0 saturated carbocycles. The van der Waals surface area contributed by atoms with Gasteiger partial charge in [-0.2, -0.15) is 5.10 Å². The van der Waals surface area contributed by atoms with Crippen molar-refractivity contribution < 1.29 is 14.3 Å². The molecule has 1 amide bonds. The lowest BCUT2D eigenvalue weighted by Crippen LogP contribution is -2.48. The van der Waals surface area contributed by atoms with E-state index in [1.807, 2.05) is 0 Å². The molecule has 18 heavy (non-hydrogen) atoms. The van der Waals surface area contributed by atoms with Crippen LogP contribution in [0.5, 0.6) is 0 Å². The van der Waals surface area contributed by atoms with Crippen molar-refractivity contribution in [1.29, 1.82) is 0 Å². The van der Waals surface area contributed by atoms with E-state index in [1.54, 1.807) is 24.2 Å². The summed E-state index contributed by atoms with van der Waals surface area (Å²) < 4.78 is 11.9. The van der Waals surface area contributed by atoms with E-state index in [0.717, 1.165) is 0 Å². The second kappa shape index (κ2) is 6.48. The summed E-state index contributed by atoms with van der Waals surface area (Å²) in [6, 6.07) is -0.291. The molecule has 1 aliphatic heterocycles. The van der Waals surface area contributed by atoms with Gasteiger partial charge in [-0.25, -0.2) is 0 Å². The average Bonchev–Trinajstić information content (AvgIpc) is 2.85. The number of aromatic nitrogens is 2. The minimum absolute atomic E-state index is 0.0963. The number of carbonyl (C=O) groups is 1. The Morgan fingerprint density at radius 1 is 1.78 bits per heavy atom. The monoisotopic (exact) mass is 254 g/mol. The summed E-state index contributed by atoms with van der Waals surface area (Å²) in [6.45, 7) is 3.01. The van der Waals surface area contributed by atoms with E-state index in [2.05, 4.69) is 15.7 Å². The van der Waals surface area contributed by atoms with E-state index in [1.165, 1.54) is 0 Å². The molecule has 2 rings (SSSR count). The molecular weight excluding hydrogens is 236 g/mol. The quantitative estimate of drug-likeness (QED) is 0.737. The molecule has 100 valence electrons. The maximum absolute atomic E-state index is 11.9. The molecule has 1 unspecified atom stereocenters. The van der Waals surface area contributed by atoms with Crippen molar-refractivity contribution in [3.8, 4) is 0 Å². The van der Waals surface area contributed by atoms with Crippen LogP contribution in [0, 0.1) is 0 Å². The molecule has 0 aliphatic carbocycles. The SMILES string of the molecule is COCCn1cc(NC(=O)C2COCCN2)cn1. The molecule has 1 atom stereocenters. The second-order valence-corrected chi connectivity index (χ2v) is 4.06. The number of hydrogen-bond acceptors (Lipinski definition) is 5. The summed E-state index contributed by atoms with van der Waals surface area (Å²) in [5.74, 6) is -0.0963. The Bertz CT molecular complexity index is 387. The zero-order valence-electron chi connectivity index (χ0n) is 10.4. The van der Waals surface area contributed by atoms with Crippen LogP contribution in [0.25, 0.3) is 0 Å². The third-order valence-electron chi connectivity index (χ3n) is 2.66. The van der Waals surface area contributed by atoms with Crippen LogP contribution >= 0.6 is 0 Å². The maximum atomic E-state index is 11.9. The summed E-state index contributed by atoms with van der Waals surface area (Å²) in [6.07, 6.45) is 3.40. The van der Waals surface area contributed by atoms with Gasteiger partial charge in [0.2, 0.25) is 5.91 Å². The smallest absolute Gasteiger partial charge is 0.243 e. The van der Waals surface area contributed by atoms with Crippen molar-refractivity contribution in [3.63, 3.8) is 0 Å². The Hall–Kier alpha value is -1.44. The van der Waals surface area contributed by atoms with Gasteiger partial charge in [-0.15, -0.1) is 0 Å². The molecule has 1 aromatic heterocycles. The van der Waals surface area contributed by atoms with Crippen LogP contribution in [0.3, 0.4) is 0 Å². The number of nitrogens with zero attached hydrogens (tertiary/aromatic N) is 2. The lowest BCUT2D eigenvalue weighted by atomic mass is 10.2. The first kappa shape index (κ1) is 13.0. The number of ether oxygens (including phenoxy) is 2. The second-order valence-electron chi connectivity index (χ2n) is 4.06. The van der Waals surface area contributed by atoms with E-state index in [9.17, 15) is 4.79 Å². The molecule has 0 spiro atoms. The zero-order valence-corrected chi connectivity index (χ0v) is 10.4. The van der Waals surface area contributed by atoms with Crippen LogP contribution in [0.15, 0.2) is 12.4 Å². The van der Waals surface area contributed by atoms with E-state index < -0.39 is 0 Å². The summed E-state index contributed by atoms with van der Waals surface area (Å²) in [5, 5.41) is 10.0. The van der Waals surface area contributed by atoms with Gasteiger partial charge in [0.15, 0.2) is 0 Å². The van der Waals surface area contributed by atoms with E-state index in [4.69, 9.17) is 9.47 Å². The molecular formula is C11H18N4O3. The van der Waals surface area contributed by atoms with Crippen molar-refractivity contribution in [2.24, 2.45) is 0 Å². The number of morpholine rings is 1. The third-order valence-corrected chi connectivity index (χ3v) is 2.66. The third kappa shape index (κ3) is 3.52. The van der Waals surface area contributed by atoms with Crippen LogP contribution in [0.1, 0.15) is 0 Å². The zero-order chi connectivity index (χ0) is 12.8. The Kier molecular flexibility index (Phi) is 4.68. The lowest BCUT2D eigenvalue weighted by molar-refractivity contribution is -0.120. The first-order valence-electron chi connectivity index (χ1n) is 5.93. The standard InChI is InChI=1S/C11H18N4O3/c1-17-5-3-15-7-9(6-13-15)14-11(16)10-8-18-4-2-12-10/h6-7,10,12H,2-5,8H2,1H3,(H,14,16). The fraction of sp³-hybridized carbons (Fsp3) is 0.636. The highest BCUT2D eigenvalue weighted by Crippen LogP contribution is 2.06. The largest absolute Gasteiger partial charge is 0.383 e. The summed E-state index contributed by atoms with van der Waals surface area (Å²) in [5.41, 5.74) is 0.684. The van der Waals surface area contributed by atoms with Gasteiger partial charge < -0.3 is 20.1 Å². The number of hydrogen-bond donors (Lipinski definition) is 2. The molecule has 2 heterocycles. The van der Waals surface area contributed by atoms with Crippen LogP contribution in [-0.4, -0.2) is 55.2 Å². The van der Waals surface area contributed by atoms with Crippen LogP contribution in [-0.2, 0) is 20.8 Å². The first-order chi connectivity index (χ1) is 8.79. The Labute approximate surface area is 105 Å². The maximum Gasteiger partial charge on any atom is 0.243 e. The predicted octanol–water partition coefficient (Wildman–Crippen LogP) is -0.544. The number of amides is 1. The van der Waals surface area contributed by atoms with E-state index >= 15 is 0 Å². The fourth-order valence-corrected chi connectivity index (χ4v) is 1.70. The number of carbonyl (C=O) groups excluding carboxylic acids is 1. The molecule has 1 aliphatic rings. The van der Waals surface area contributed by atoms with Crippen molar-refractivity contribution in [2.45, 2.75) is 12.6 Å². The Morgan fingerprint density at radius 2 is 2.67 bits per heavy atom. The molecule has 1 aromatic rings. The first-order valence-corrected chi connectivity index (χ1v) is 5.93. The lowest BCUT2D eigenvalue weighted by Gasteiger charge is -2.22. The van der Waals surface area contributed by atoms with Gasteiger partial charge in [-0.05, 0) is 0 Å². The molecule has 0 aromatic carbocycles. The van der Waals surface area contributed by atoms with E-state index in [0.29, 0.717) is 38.6 Å². The highest BCUT2D eigenvalue weighted by atomic mass is 16.5. The van der Waals surface area contributed by atoms with Gasteiger partial charge in [0.05, 0.1) is 38.2 Å². The average molecular weight is 254 g/mol. The predicted molar refractivity (Wildman–Crippen MR) is 65.3 cm³/mol. The topological polar surface area (TPSA) is 77.4 Å². The van der Waals surface area contributed by atoms with Gasteiger partial charge in [0.25, 0.3) is 0 Å². The fourth-order valence-electron chi connectivity index (χ4n) is 1.70. The number of anilines is 1. The highest BCUT2D eigenvalue weighted by Gasteiger charge is 2.21. The molecule has 7 heteroatoms. The van der Waals surface area contributed by atoms with Gasteiger partial charge in [0.1, 0.15) is 6.04 Å². The molecule has 7 nitrogen and oxygen atoms in total. The molecule has 1 saturated heterocycles. The van der Waals surface area contributed by atoms with Crippen molar-refractivity contribution in [2.75, 3.05) is 38.8 Å². The number of rotatable bonds is 5.